The van der Waals surface area contributed by atoms with Gasteiger partial charge in [-0.1, -0.05) is 67.1 Å². The molecule has 0 radical (unpaired) electrons. The highest BCUT2D eigenvalue weighted by atomic mass is 28.4. The first-order valence-corrected chi connectivity index (χ1v) is 14.6. The third-order valence-electron chi connectivity index (χ3n) is 5.97. The summed E-state index contributed by atoms with van der Waals surface area (Å²) in [7, 11) is -3.05. The van der Waals surface area contributed by atoms with Gasteiger partial charge in [0.1, 0.15) is 0 Å². The Hall–Kier alpha value is 0.394. The van der Waals surface area contributed by atoms with Crippen LogP contribution in [-0.4, -0.2) is 21.6 Å². The van der Waals surface area contributed by atoms with Gasteiger partial charge in [0.2, 0.25) is 0 Å². The molecule has 0 saturated heterocycles. The standard InChI is InChI=1S/C16H38OSi2/c1-11-15(5,12-2)19(9,10)17-16(13-3,14-4)18(6,7)8/h11-14H2,1-10H3. The largest absolute Gasteiger partial charge is 0.414 e. The Morgan fingerprint density at radius 1 is 0.737 bits per heavy atom. The second kappa shape index (κ2) is 6.44. The summed E-state index contributed by atoms with van der Waals surface area (Å²) in [6, 6.07) is 0. The topological polar surface area (TPSA) is 9.23 Å². The van der Waals surface area contributed by atoms with E-state index in [1.165, 1.54) is 25.7 Å². The number of hydrogen-bond acceptors (Lipinski definition) is 1. The van der Waals surface area contributed by atoms with Gasteiger partial charge in [-0.15, -0.1) is 0 Å². The first kappa shape index (κ1) is 19.4. The second-order valence-electron chi connectivity index (χ2n) is 7.83. The van der Waals surface area contributed by atoms with E-state index in [0.717, 1.165) is 0 Å². The fraction of sp³-hybridized carbons (Fsp3) is 1.00. The fourth-order valence-electron chi connectivity index (χ4n) is 3.32. The molecular formula is C16H38OSi2. The number of rotatable bonds is 8. The predicted molar refractivity (Wildman–Crippen MR) is 94.2 cm³/mol. The van der Waals surface area contributed by atoms with Gasteiger partial charge >= 0.3 is 0 Å². The molecule has 1 nitrogen and oxygen atoms in total. The van der Waals surface area contributed by atoms with Gasteiger partial charge in [-0.25, -0.2) is 0 Å². The summed E-state index contributed by atoms with van der Waals surface area (Å²) in [5.41, 5.74) is 0. The van der Waals surface area contributed by atoms with Crippen LogP contribution in [0.5, 0.6) is 0 Å². The Labute approximate surface area is 124 Å². The maximum atomic E-state index is 7.04. The van der Waals surface area contributed by atoms with Gasteiger partial charge in [-0.05, 0) is 31.0 Å². The molecule has 0 aromatic carbocycles. The average molecular weight is 303 g/mol. The van der Waals surface area contributed by atoms with Crippen molar-refractivity contribution >= 4 is 16.4 Å². The van der Waals surface area contributed by atoms with E-state index in [1.54, 1.807) is 0 Å². The van der Waals surface area contributed by atoms with Crippen molar-refractivity contribution < 1.29 is 4.43 Å². The van der Waals surface area contributed by atoms with E-state index in [1.807, 2.05) is 0 Å². The molecule has 0 aliphatic rings. The van der Waals surface area contributed by atoms with Crippen molar-refractivity contribution in [3.63, 3.8) is 0 Å². The van der Waals surface area contributed by atoms with Crippen LogP contribution in [0.1, 0.15) is 60.3 Å². The van der Waals surface area contributed by atoms with Gasteiger partial charge in [0.05, 0.1) is 8.07 Å². The van der Waals surface area contributed by atoms with E-state index >= 15 is 0 Å². The molecule has 0 spiro atoms. The minimum absolute atomic E-state index is 0.161. The smallest absolute Gasteiger partial charge is 0.192 e. The Balaban J connectivity index is 5.48. The minimum atomic E-state index is -1.71. The lowest BCUT2D eigenvalue weighted by molar-refractivity contribution is 0.113. The van der Waals surface area contributed by atoms with E-state index in [-0.39, 0.29) is 5.22 Å². The molecule has 0 aromatic rings. The van der Waals surface area contributed by atoms with E-state index in [0.29, 0.717) is 5.04 Å². The Bertz CT molecular complexity index is 271. The summed E-state index contributed by atoms with van der Waals surface area (Å²) in [6.45, 7) is 24.0. The van der Waals surface area contributed by atoms with Gasteiger partial charge < -0.3 is 4.43 Å². The molecule has 19 heavy (non-hydrogen) atoms. The SMILES string of the molecule is CCC(CC)(O[Si](C)(C)C(C)(CC)CC)[Si](C)(C)C. The fourth-order valence-corrected chi connectivity index (χ4v) is 10.6. The van der Waals surface area contributed by atoms with Crippen LogP contribution in [0.2, 0.25) is 37.8 Å². The third-order valence-corrected chi connectivity index (χ3v) is 14.2. The van der Waals surface area contributed by atoms with Crippen LogP contribution in [0.25, 0.3) is 0 Å². The van der Waals surface area contributed by atoms with Crippen molar-refractivity contribution in [1.82, 2.24) is 0 Å². The average Bonchev–Trinajstić information content (AvgIpc) is 2.33. The molecule has 0 N–H and O–H groups in total. The predicted octanol–water partition coefficient (Wildman–Crippen LogP) is 6.22. The molecule has 0 aromatic heterocycles. The Morgan fingerprint density at radius 3 is 1.32 bits per heavy atom. The maximum absolute atomic E-state index is 7.04. The second-order valence-corrected chi connectivity index (χ2v) is 17.7. The molecule has 3 heteroatoms. The van der Waals surface area contributed by atoms with Crippen LogP contribution < -0.4 is 0 Å². The first-order chi connectivity index (χ1) is 8.45. The summed E-state index contributed by atoms with van der Waals surface area (Å²) in [4.78, 5) is 0. The van der Waals surface area contributed by atoms with Crippen LogP contribution in [0.3, 0.4) is 0 Å². The zero-order valence-electron chi connectivity index (χ0n) is 15.2. The minimum Gasteiger partial charge on any atom is -0.414 e. The molecule has 0 aliphatic heterocycles. The van der Waals surface area contributed by atoms with Crippen molar-refractivity contribution in [3.8, 4) is 0 Å². The maximum Gasteiger partial charge on any atom is 0.192 e. The van der Waals surface area contributed by atoms with E-state index in [4.69, 9.17) is 4.43 Å². The van der Waals surface area contributed by atoms with Gasteiger partial charge in [-0.3, -0.25) is 0 Å². The van der Waals surface area contributed by atoms with Crippen LogP contribution >= 0.6 is 0 Å². The molecule has 0 aliphatic carbocycles. The normalized spacial score (nSPS) is 14.8. The number of hydrogen-bond donors (Lipinski definition) is 0. The van der Waals surface area contributed by atoms with E-state index in [2.05, 4.69) is 67.4 Å². The van der Waals surface area contributed by atoms with Crippen molar-refractivity contribution in [2.24, 2.45) is 0 Å². The van der Waals surface area contributed by atoms with Gasteiger partial charge in [0, 0.05) is 5.22 Å². The Morgan fingerprint density at radius 2 is 1.11 bits per heavy atom. The monoisotopic (exact) mass is 302 g/mol. The third kappa shape index (κ3) is 3.73. The van der Waals surface area contributed by atoms with Gasteiger partial charge in [0.25, 0.3) is 0 Å². The van der Waals surface area contributed by atoms with Crippen molar-refractivity contribution in [2.45, 2.75) is 103 Å². The van der Waals surface area contributed by atoms with Gasteiger partial charge in [0.15, 0.2) is 8.32 Å². The molecule has 0 fully saturated rings. The molecule has 116 valence electrons. The summed E-state index contributed by atoms with van der Waals surface area (Å²) < 4.78 is 7.04. The van der Waals surface area contributed by atoms with Crippen molar-refractivity contribution in [3.05, 3.63) is 0 Å². The molecule has 0 bridgehead atoms. The van der Waals surface area contributed by atoms with Crippen LogP contribution in [0.15, 0.2) is 0 Å². The quantitative estimate of drug-likeness (QED) is 0.483. The molecule has 0 amide bonds. The molecule has 0 saturated carbocycles. The summed E-state index contributed by atoms with van der Waals surface area (Å²) in [5.74, 6) is 0. The Kier molecular flexibility index (Phi) is 6.57. The van der Waals surface area contributed by atoms with Crippen molar-refractivity contribution in [2.75, 3.05) is 0 Å². The lowest BCUT2D eigenvalue weighted by Crippen LogP contribution is -2.60. The highest BCUT2D eigenvalue weighted by Gasteiger charge is 2.50. The van der Waals surface area contributed by atoms with Gasteiger partial charge in [-0.2, -0.15) is 0 Å². The molecule has 0 heterocycles. The first-order valence-electron chi connectivity index (χ1n) is 8.15. The summed E-state index contributed by atoms with van der Waals surface area (Å²) in [5, 5.41) is 0.552. The zero-order chi connectivity index (χ0) is 15.5. The van der Waals surface area contributed by atoms with Crippen molar-refractivity contribution in [1.29, 1.82) is 0 Å². The van der Waals surface area contributed by atoms with E-state index in [9.17, 15) is 0 Å². The lowest BCUT2D eigenvalue weighted by Gasteiger charge is -2.52. The van der Waals surface area contributed by atoms with Crippen LogP contribution in [0, 0.1) is 0 Å². The highest BCUT2D eigenvalue weighted by Crippen LogP contribution is 2.48. The highest BCUT2D eigenvalue weighted by molar-refractivity contribution is 6.81. The molecule has 0 unspecified atom stereocenters. The van der Waals surface area contributed by atoms with Crippen LogP contribution in [0.4, 0.5) is 0 Å². The summed E-state index contributed by atoms with van der Waals surface area (Å²) >= 11 is 0. The lowest BCUT2D eigenvalue weighted by atomic mass is 10.1. The molecule has 0 atom stereocenters. The van der Waals surface area contributed by atoms with E-state index < -0.39 is 16.4 Å². The molecular weight excluding hydrogens is 264 g/mol. The molecule has 0 rings (SSSR count). The van der Waals surface area contributed by atoms with Crippen LogP contribution in [-0.2, 0) is 4.43 Å². The summed E-state index contributed by atoms with van der Waals surface area (Å²) in [6.07, 6.45) is 4.80. The zero-order valence-corrected chi connectivity index (χ0v) is 17.2.